The molecule has 0 spiro atoms. The summed E-state index contributed by atoms with van der Waals surface area (Å²) in [5.74, 6) is 0. The zero-order valence-electron chi connectivity index (χ0n) is 29.6. The molecule has 0 saturated carbocycles. The predicted molar refractivity (Wildman–Crippen MR) is 187 cm³/mol. The van der Waals surface area contributed by atoms with E-state index in [0.717, 1.165) is 17.1 Å². The van der Waals surface area contributed by atoms with Crippen LogP contribution >= 0.6 is 24.0 Å². The number of hydrogen-bond acceptors (Lipinski definition) is 3. The van der Waals surface area contributed by atoms with Gasteiger partial charge in [-0.1, -0.05) is 125 Å². The fourth-order valence-electron chi connectivity index (χ4n) is 5.76. The van der Waals surface area contributed by atoms with Gasteiger partial charge in [-0.2, -0.15) is 15.3 Å². The third kappa shape index (κ3) is 7.58. The van der Waals surface area contributed by atoms with E-state index in [1.54, 1.807) is 0 Å². The van der Waals surface area contributed by atoms with Gasteiger partial charge in [-0.15, -0.1) is 0 Å². The Labute approximate surface area is 284 Å². The number of nitrogens with zero attached hydrogens (tertiary/aromatic N) is 3. The van der Waals surface area contributed by atoms with Gasteiger partial charge < -0.3 is 0 Å². The third-order valence-electron chi connectivity index (χ3n) is 7.66. The molecule has 0 fully saturated rings. The van der Waals surface area contributed by atoms with Gasteiger partial charge in [0.2, 0.25) is 0 Å². The van der Waals surface area contributed by atoms with Gasteiger partial charge in [-0.3, -0.25) is 15.3 Å². The van der Waals surface area contributed by atoms with Gasteiger partial charge in [0.25, 0.3) is 6.71 Å². The average Bonchev–Trinajstić information content (AvgIpc) is 3.42. The molecule has 0 aliphatic heterocycles. The van der Waals surface area contributed by atoms with Crippen LogP contribution in [0.1, 0.15) is 159 Å². The molecule has 239 valence electrons. The summed E-state index contributed by atoms with van der Waals surface area (Å²) in [6.45, 7) is 40.8. The minimum atomic E-state index is -0.172. The van der Waals surface area contributed by atoms with Crippen molar-refractivity contribution in [3.63, 3.8) is 0 Å². The molecule has 0 atom stereocenters. The standard InChI is InChI=1S/C33H57BN6.I.Ni/c1-28(2,3)22-19(23(36-35-22)29(4,5)6)34(20-24(30(7,8)9)37-38-25(20)31(10,11)12)21-26(32(13,14)15)39-40-27(21)33(16,17)18;;/h1-18H3,(H,35,36)(H,37,38)(H,39,40);;. The van der Waals surface area contributed by atoms with Gasteiger partial charge in [0, 0.05) is 90.0 Å². The van der Waals surface area contributed by atoms with Crippen LogP contribution in [0.2, 0.25) is 0 Å². The summed E-state index contributed by atoms with van der Waals surface area (Å²) in [5, 5.41) is 25.9. The summed E-state index contributed by atoms with van der Waals surface area (Å²) in [4.78, 5) is 0. The van der Waals surface area contributed by atoms with E-state index in [9.17, 15) is 0 Å². The molecule has 0 aliphatic carbocycles. The topological polar surface area (TPSA) is 86.0 Å². The number of H-pyrrole nitrogens is 3. The van der Waals surface area contributed by atoms with Crippen LogP contribution in [0.5, 0.6) is 0 Å². The third-order valence-corrected chi connectivity index (χ3v) is 7.66. The summed E-state index contributed by atoms with van der Waals surface area (Å²) in [7, 11) is 0. The molecular formula is C33H57BIN6Ni. The van der Waals surface area contributed by atoms with Crippen LogP contribution in [-0.2, 0) is 49.0 Å². The number of aromatic amines is 3. The molecule has 42 heavy (non-hydrogen) atoms. The quantitative estimate of drug-likeness (QED) is 0.200. The Bertz CT molecular complexity index is 1090. The van der Waals surface area contributed by atoms with Crippen LogP contribution in [0.25, 0.3) is 0 Å². The Morgan fingerprint density at radius 1 is 0.381 bits per heavy atom. The molecule has 3 N–H and O–H groups in total. The summed E-state index contributed by atoms with van der Waals surface area (Å²) in [6.07, 6.45) is 0. The molecule has 3 aromatic rings. The molecular weight excluding hydrogens is 677 g/mol. The summed E-state index contributed by atoms with van der Waals surface area (Å²) >= 11 is 0. The van der Waals surface area contributed by atoms with Crippen LogP contribution in [0.15, 0.2) is 0 Å². The zero-order chi connectivity index (χ0) is 31.0. The van der Waals surface area contributed by atoms with Crippen molar-refractivity contribution in [2.75, 3.05) is 0 Å². The Hall–Kier alpha value is -1.08. The van der Waals surface area contributed by atoms with Crippen molar-refractivity contribution in [3.05, 3.63) is 34.2 Å². The first kappa shape index (κ1) is 38.9. The van der Waals surface area contributed by atoms with Crippen molar-refractivity contribution in [2.24, 2.45) is 0 Å². The molecule has 0 unspecified atom stereocenters. The van der Waals surface area contributed by atoms with E-state index in [2.05, 4.69) is 140 Å². The van der Waals surface area contributed by atoms with E-state index in [1.807, 2.05) is 0 Å². The van der Waals surface area contributed by atoms with E-state index in [-0.39, 0.29) is 79.7 Å². The Kier molecular flexibility index (Phi) is 11.1. The molecule has 0 amide bonds. The van der Waals surface area contributed by atoms with Gasteiger partial charge in [-0.05, 0) is 16.4 Å². The SMILES string of the molecule is CC(C)(C)c1n[nH]c(C(C)(C)C)c1B(c1c(C(C)(C)C)n[nH]c1C(C)(C)C)c1c(C(C)(C)C)n[nH]c1C(C)(C)C.[I].[Ni]. The molecule has 3 heterocycles. The van der Waals surface area contributed by atoms with Crippen molar-refractivity contribution < 1.29 is 16.5 Å². The monoisotopic (exact) mass is 733 g/mol. The van der Waals surface area contributed by atoms with E-state index >= 15 is 0 Å². The minimum absolute atomic E-state index is 0. The van der Waals surface area contributed by atoms with E-state index < -0.39 is 0 Å². The first-order valence-corrected chi connectivity index (χ1v) is 15.0. The Morgan fingerprint density at radius 3 is 0.714 bits per heavy atom. The maximum atomic E-state index is 5.08. The normalized spacial score (nSPS) is 13.6. The van der Waals surface area contributed by atoms with Crippen molar-refractivity contribution in [2.45, 2.75) is 157 Å². The molecule has 3 aromatic heterocycles. The molecule has 1 radical (unpaired) electrons. The van der Waals surface area contributed by atoms with Crippen molar-refractivity contribution >= 4 is 47.1 Å². The van der Waals surface area contributed by atoms with Crippen molar-refractivity contribution in [1.29, 1.82) is 0 Å². The molecule has 0 saturated heterocycles. The molecule has 0 bridgehead atoms. The van der Waals surface area contributed by atoms with Crippen molar-refractivity contribution in [3.8, 4) is 0 Å². The maximum absolute atomic E-state index is 5.08. The largest absolute Gasteiger partial charge is 0.282 e. The van der Waals surface area contributed by atoms with E-state index in [0.29, 0.717) is 0 Å². The predicted octanol–water partition coefficient (Wildman–Crippen LogP) is 7.04. The van der Waals surface area contributed by atoms with Crippen LogP contribution in [-0.4, -0.2) is 37.3 Å². The fraction of sp³-hybridized carbons (Fsp3) is 0.727. The number of halogens is 1. The van der Waals surface area contributed by atoms with Gasteiger partial charge in [0.1, 0.15) is 0 Å². The Morgan fingerprint density at radius 2 is 0.571 bits per heavy atom. The summed E-state index contributed by atoms with van der Waals surface area (Å²) in [6, 6.07) is 0. The zero-order valence-corrected chi connectivity index (χ0v) is 32.8. The van der Waals surface area contributed by atoms with Crippen LogP contribution < -0.4 is 16.4 Å². The number of rotatable bonds is 3. The summed E-state index contributed by atoms with van der Waals surface area (Å²) < 4.78 is 0. The molecule has 6 nitrogen and oxygen atoms in total. The van der Waals surface area contributed by atoms with Crippen LogP contribution in [0.3, 0.4) is 0 Å². The molecule has 0 aromatic carbocycles. The summed E-state index contributed by atoms with van der Waals surface area (Å²) in [5.41, 5.74) is 9.63. The Balaban J connectivity index is 0.00000441. The molecule has 0 aliphatic rings. The molecule has 9 heteroatoms. The smallest absolute Gasteiger partial charge is 0.255 e. The van der Waals surface area contributed by atoms with Gasteiger partial charge >= 0.3 is 0 Å². The fourth-order valence-corrected chi connectivity index (χ4v) is 5.76. The number of aromatic nitrogens is 6. The number of hydrogen-bond donors (Lipinski definition) is 3. The molecule has 3 rings (SSSR count). The van der Waals surface area contributed by atoms with Gasteiger partial charge in [0.15, 0.2) is 0 Å². The van der Waals surface area contributed by atoms with E-state index in [1.165, 1.54) is 33.5 Å². The second kappa shape index (κ2) is 12.0. The first-order valence-electron chi connectivity index (χ1n) is 15.0. The maximum Gasteiger partial charge on any atom is 0.255 e. The average molecular weight is 734 g/mol. The minimum Gasteiger partial charge on any atom is -0.282 e. The number of nitrogens with one attached hydrogen (secondary N) is 3. The van der Waals surface area contributed by atoms with Crippen molar-refractivity contribution in [1.82, 2.24) is 30.6 Å². The van der Waals surface area contributed by atoms with Crippen LogP contribution in [0, 0.1) is 0 Å². The van der Waals surface area contributed by atoms with Gasteiger partial charge in [0.05, 0.1) is 17.1 Å². The van der Waals surface area contributed by atoms with E-state index in [4.69, 9.17) is 15.3 Å². The second-order valence-electron chi connectivity index (χ2n) is 18.0. The second-order valence-corrected chi connectivity index (χ2v) is 18.0. The first-order chi connectivity index (χ1) is 17.7. The van der Waals surface area contributed by atoms with Crippen LogP contribution in [0.4, 0.5) is 0 Å². The van der Waals surface area contributed by atoms with Gasteiger partial charge in [-0.25, -0.2) is 0 Å².